The molecule has 0 N–H and O–H groups in total. The quantitative estimate of drug-likeness (QED) is 0.222. The predicted molar refractivity (Wildman–Crippen MR) is 147 cm³/mol. The first-order chi connectivity index (χ1) is 17.2. The number of hydrogen-bond donors (Lipinski definition) is 0. The molecule has 1 aromatic heterocycles. The van der Waals surface area contributed by atoms with E-state index < -0.39 is 0 Å². The van der Waals surface area contributed by atoms with Crippen molar-refractivity contribution in [1.29, 1.82) is 0 Å². The number of aryl methyl sites for hydroxylation is 2. The highest BCUT2D eigenvalue weighted by Gasteiger charge is 2.34. The lowest BCUT2D eigenvalue weighted by Gasteiger charge is -2.18. The molecule has 1 atom stereocenters. The smallest absolute Gasteiger partial charge is 0.227 e. The minimum Gasteiger partial charge on any atom is -0.328 e. The number of para-hydroxylation sites is 2. The molecule has 2 aromatic carbocycles. The molecular weight excluding hydrogens is 430 g/mol. The van der Waals surface area contributed by atoms with Gasteiger partial charge in [-0.2, -0.15) is 0 Å². The van der Waals surface area contributed by atoms with E-state index in [1.165, 1.54) is 75.3 Å². The maximum absolute atomic E-state index is 13.0. The Hall–Kier alpha value is -2.62. The van der Waals surface area contributed by atoms with Crippen molar-refractivity contribution < 1.29 is 4.79 Å². The zero-order chi connectivity index (χ0) is 24.5. The van der Waals surface area contributed by atoms with Gasteiger partial charge in [0, 0.05) is 31.1 Å². The fourth-order valence-electron chi connectivity index (χ4n) is 5.44. The van der Waals surface area contributed by atoms with Crippen LogP contribution in [-0.4, -0.2) is 22.0 Å². The third-order valence-corrected chi connectivity index (χ3v) is 7.57. The summed E-state index contributed by atoms with van der Waals surface area (Å²) in [5.74, 6) is 1.43. The third kappa shape index (κ3) is 6.54. The third-order valence-electron chi connectivity index (χ3n) is 7.57. The zero-order valence-corrected chi connectivity index (χ0v) is 21.8. The molecule has 4 heteroatoms. The maximum Gasteiger partial charge on any atom is 0.227 e. The number of carbonyl (C=O) groups is 1. The van der Waals surface area contributed by atoms with Crippen LogP contribution in [0.15, 0.2) is 48.5 Å². The summed E-state index contributed by atoms with van der Waals surface area (Å²) in [5.41, 5.74) is 4.56. The fraction of sp³-hybridized carbons (Fsp3) is 0.548. The molecule has 0 radical (unpaired) electrons. The standard InChI is InChI=1S/C31H43N3O/c1-3-5-6-7-8-9-10-11-12-15-22-33-29-17-14-13-16-28(29)32-31(33)26-23-30(35)34(24-26)27-20-18-25(4-2)19-21-27/h13-14,16-21,26H,3-12,15,22-24H2,1-2H3. The van der Waals surface area contributed by atoms with Crippen LogP contribution < -0.4 is 4.90 Å². The average molecular weight is 474 g/mol. The van der Waals surface area contributed by atoms with Crippen LogP contribution in [0.5, 0.6) is 0 Å². The lowest BCUT2D eigenvalue weighted by Crippen LogP contribution is -2.24. The lowest BCUT2D eigenvalue weighted by atomic mass is 10.1. The van der Waals surface area contributed by atoms with E-state index in [0.717, 1.165) is 30.0 Å². The van der Waals surface area contributed by atoms with Crippen molar-refractivity contribution in [2.24, 2.45) is 0 Å². The minimum absolute atomic E-state index is 0.142. The van der Waals surface area contributed by atoms with Crippen molar-refractivity contribution in [1.82, 2.24) is 9.55 Å². The van der Waals surface area contributed by atoms with Gasteiger partial charge in [-0.25, -0.2) is 4.98 Å². The highest BCUT2D eigenvalue weighted by molar-refractivity contribution is 5.96. The number of carbonyl (C=O) groups excluding carboxylic acids is 1. The van der Waals surface area contributed by atoms with Crippen LogP contribution >= 0.6 is 0 Å². The van der Waals surface area contributed by atoms with Gasteiger partial charge >= 0.3 is 0 Å². The van der Waals surface area contributed by atoms with Gasteiger partial charge < -0.3 is 9.47 Å². The van der Waals surface area contributed by atoms with E-state index in [2.05, 4.69) is 66.9 Å². The Morgan fingerprint density at radius 3 is 2.17 bits per heavy atom. The molecule has 188 valence electrons. The number of aromatic nitrogens is 2. The van der Waals surface area contributed by atoms with Gasteiger partial charge in [-0.05, 0) is 42.7 Å². The molecule has 4 nitrogen and oxygen atoms in total. The molecule has 0 bridgehead atoms. The van der Waals surface area contributed by atoms with Gasteiger partial charge in [0.1, 0.15) is 5.82 Å². The van der Waals surface area contributed by atoms with Crippen molar-refractivity contribution >= 4 is 22.6 Å². The molecule has 1 aliphatic heterocycles. The maximum atomic E-state index is 13.0. The molecule has 35 heavy (non-hydrogen) atoms. The minimum atomic E-state index is 0.142. The fourth-order valence-corrected chi connectivity index (χ4v) is 5.44. The number of anilines is 1. The van der Waals surface area contributed by atoms with Gasteiger partial charge in [0.05, 0.1) is 11.0 Å². The van der Waals surface area contributed by atoms with Crippen LogP contribution in [0, 0.1) is 0 Å². The molecule has 1 amide bonds. The normalized spacial score (nSPS) is 16.0. The van der Waals surface area contributed by atoms with Gasteiger partial charge in [0.25, 0.3) is 0 Å². The number of benzene rings is 2. The zero-order valence-electron chi connectivity index (χ0n) is 21.8. The van der Waals surface area contributed by atoms with Crippen LogP contribution in [0.25, 0.3) is 11.0 Å². The highest BCUT2D eigenvalue weighted by atomic mass is 16.2. The summed E-state index contributed by atoms with van der Waals surface area (Å²) in [5, 5.41) is 0. The van der Waals surface area contributed by atoms with Crippen LogP contribution in [0.1, 0.15) is 102 Å². The Kier molecular flexibility index (Phi) is 9.39. The topological polar surface area (TPSA) is 38.1 Å². The molecule has 0 saturated carbocycles. The van der Waals surface area contributed by atoms with Gasteiger partial charge in [0.2, 0.25) is 5.91 Å². The number of fused-ring (bicyclic) bond motifs is 1. The summed E-state index contributed by atoms with van der Waals surface area (Å²) < 4.78 is 2.40. The number of unbranched alkanes of at least 4 members (excludes halogenated alkanes) is 9. The average Bonchev–Trinajstić information content (AvgIpc) is 3.45. The van der Waals surface area contributed by atoms with E-state index in [1.807, 2.05) is 4.90 Å². The summed E-state index contributed by atoms with van der Waals surface area (Å²) >= 11 is 0. The van der Waals surface area contributed by atoms with Crippen molar-refractivity contribution in [3.05, 3.63) is 59.9 Å². The highest BCUT2D eigenvalue weighted by Crippen LogP contribution is 2.33. The van der Waals surface area contributed by atoms with Gasteiger partial charge in [-0.1, -0.05) is 95.9 Å². The first kappa shape index (κ1) is 25.5. The van der Waals surface area contributed by atoms with Crippen molar-refractivity contribution in [3.8, 4) is 0 Å². The lowest BCUT2D eigenvalue weighted by molar-refractivity contribution is -0.117. The van der Waals surface area contributed by atoms with E-state index in [0.29, 0.717) is 13.0 Å². The summed E-state index contributed by atoms with van der Waals surface area (Å²) in [7, 11) is 0. The first-order valence-electron chi connectivity index (χ1n) is 14.1. The molecule has 0 spiro atoms. The molecule has 4 rings (SSSR count). The Balaban J connectivity index is 1.36. The molecule has 1 saturated heterocycles. The summed E-state index contributed by atoms with van der Waals surface area (Å²) in [6.07, 6.45) is 14.9. The summed E-state index contributed by atoms with van der Waals surface area (Å²) in [4.78, 5) is 20.0. The second kappa shape index (κ2) is 12.9. The van der Waals surface area contributed by atoms with E-state index in [4.69, 9.17) is 4.98 Å². The largest absolute Gasteiger partial charge is 0.328 e. The molecule has 1 aliphatic rings. The van der Waals surface area contributed by atoms with Gasteiger partial charge in [0.15, 0.2) is 0 Å². The molecule has 1 fully saturated rings. The SMILES string of the molecule is CCCCCCCCCCCCn1c(C2CC(=O)N(c3ccc(CC)cc3)C2)nc2ccccc21. The van der Waals surface area contributed by atoms with E-state index >= 15 is 0 Å². The van der Waals surface area contributed by atoms with Crippen molar-refractivity contribution in [3.63, 3.8) is 0 Å². The van der Waals surface area contributed by atoms with Crippen LogP contribution in [0.4, 0.5) is 5.69 Å². The van der Waals surface area contributed by atoms with E-state index in [1.54, 1.807) is 0 Å². The number of nitrogens with zero attached hydrogens (tertiary/aromatic N) is 3. The van der Waals surface area contributed by atoms with Gasteiger partial charge in [-0.3, -0.25) is 4.79 Å². The van der Waals surface area contributed by atoms with Crippen molar-refractivity contribution in [2.75, 3.05) is 11.4 Å². The summed E-state index contributed by atoms with van der Waals surface area (Å²) in [6, 6.07) is 16.9. The number of imidazole rings is 1. The first-order valence-corrected chi connectivity index (χ1v) is 14.1. The Morgan fingerprint density at radius 2 is 1.49 bits per heavy atom. The molecular formula is C31H43N3O. The Morgan fingerprint density at radius 1 is 0.829 bits per heavy atom. The monoisotopic (exact) mass is 473 g/mol. The van der Waals surface area contributed by atoms with Crippen LogP contribution in [0.3, 0.4) is 0 Å². The number of hydrogen-bond acceptors (Lipinski definition) is 2. The van der Waals surface area contributed by atoms with Crippen LogP contribution in [0.2, 0.25) is 0 Å². The molecule has 1 unspecified atom stereocenters. The Labute approximate surface area is 211 Å². The molecule has 0 aliphatic carbocycles. The van der Waals surface area contributed by atoms with E-state index in [-0.39, 0.29) is 11.8 Å². The van der Waals surface area contributed by atoms with E-state index in [9.17, 15) is 4.79 Å². The van der Waals surface area contributed by atoms with Crippen LogP contribution in [-0.2, 0) is 17.8 Å². The van der Waals surface area contributed by atoms with Gasteiger partial charge in [-0.15, -0.1) is 0 Å². The summed E-state index contributed by atoms with van der Waals surface area (Å²) in [6.45, 7) is 6.14. The number of rotatable bonds is 14. The van der Waals surface area contributed by atoms with Crippen molar-refractivity contribution in [2.45, 2.75) is 103 Å². The second-order valence-electron chi connectivity index (χ2n) is 10.2. The Bertz CT molecular complexity index is 1070. The number of amides is 1. The molecule has 3 aromatic rings. The predicted octanol–water partition coefficient (Wildman–Crippen LogP) is 8.04. The second-order valence-corrected chi connectivity index (χ2v) is 10.2. The molecule has 2 heterocycles.